The molecule has 0 bridgehead atoms. The third-order valence-electron chi connectivity index (χ3n) is 6.19. The number of aliphatic carboxylic acids is 1. The predicted octanol–water partition coefficient (Wildman–Crippen LogP) is 6.60. The summed E-state index contributed by atoms with van der Waals surface area (Å²) in [6, 6.07) is 6.28. The van der Waals surface area contributed by atoms with Crippen molar-refractivity contribution in [3.05, 3.63) is 69.2 Å². The van der Waals surface area contributed by atoms with E-state index in [0.29, 0.717) is 30.8 Å². The number of hydrogen-bond donors (Lipinski definition) is 1. The van der Waals surface area contributed by atoms with Crippen LogP contribution in [0, 0.1) is 6.92 Å². The molecule has 3 aromatic rings. The normalized spacial score (nSPS) is 14.2. The summed E-state index contributed by atoms with van der Waals surface area (Å²) in [7, 11) is 0. The summed E-state index contributed by atoms with van der Waals surface area (Å²) in [4.78, 5) is 30.5. The summed E-state index contributed by atoms with van der Waals surface area (Å²) in [6.45, 7) is 4.73. The van der Waals surface area contributed by atoms with Crippen LogP contribution in [0.2, 0.25) is 0 Å². The molecule has 13 heteroatoms. The Labute approximate surface area is 222 Å². The largest absolute Gasteiger partial charge is 0.478 e. The Morgan fingerprint density at radius 1 is 0.974 bits per heavy atom. The number of carbonyl (C=O) groups excluding carboxylic acids is 1. The zero-order chi connectivity index (χ0) is 28.9. The highest BCUT2D eigenvalue weighted by atomic mass is 32.1. The van der Waals surface area contributed by atoms with Gasteiger partial charge in [-0.05, 0) is 68.7 Å². The van der Waals surface area contributed by atoms with Gasteiger partial charge in [-0.2, -0.15) is 26.3 Å². The third-order valence-corrected chi connectivity index (χ3v) is 7.39. The van der Waals surface area contributed by atoms with E-state index in [0.717, 1.165) is 22.5 Å². The SMILES string of the molecule is Cc1nc(-c2cc(C(F)(F)F)cc(C(F)(F)F)c2)sc1C(=O)N1CCc2ccc(OC(C)(C)C(=O)O)cc2C1. The van der Waals surface area contributed by atoms with Gasteiger partial charge >= 0.3 is 18.3 Å². The summed E-state index contributed by atoms with van der Waals surface area (Å²) in [5.41, 5.74) is -2.97. The van der Waals surface area contributed by atoms with E-state index >= 15 is 0 Å². The summed E-state index contributed by atoms with van der Waals surface area (Å²) < 4.78 is 85.4. The van der Waals surface area contributed by atoms with Gasteiger partial charge in [-0.25, -0.2) is 9.78 Å². The molecule has 0 radical (unpaired) electrons. The standard InChI is InChI=1S/C26H22F6N2O4S/c1-13-20(39-21(33-13)15-8-17(25(27,28)29)11-18(9-15)26(30,31)32)22(35)34-7-6-14-4-5-19(10-16(14)12-34)38-24(2,3)23(36)37/h4-5,8-11H,6-7,12H2,1-3H3,(H,36,37). The number of rotatable bonds is 5. The number of thiazole rings is 1. The first-order chi connectivity index (χ1) is 18.0. The second kappa shape index (κ2) is 9.85. The number of alkyl halides is 6. The molecule has 6 nitrogen and oxygen atoms in total. The average molecular weight is 573 g/mol. The zero-order valence-corrected chi connectivity index (χ0v) is 21.6. The minimum absolute atomic E-state index is 0.0385. The molecule has 0 fully saturated rings. The lowest BCUT2D eigenvalue weighted by molar-refractivity contribution is -0.152. The van der Waals surface area contributed by atoms with Crippen LogP contribution in [0.4, 0.5) is 26.3 Å². The number of aryl methyl sites for hydroxylation is 1. The maximum atomic E-state index is 13.4. The fraction of sp³-hybridized carbons (Fsp3) is 0.346. The van der Waals surface area contributed by atoms with Gasteiger partial charge in [0.2, 0.25) is 0 Å². The van der Waals surface area contributed by atoms with E-state index in [2.05, 4.69) is 4.98 Å². The number of ether oxygens (including phenoxy) is 1. The van der Waals surface area contributed by atoms with Crippen LogP contribution in [-0.2, 0) is 30.1 Å². The van der Waals surface area contributed by atoms with Gasteiger partial charge in [0, 0.05) is 18.7 Å². The molecular weight excluding hydrogens is 550 g/mol. The van der Waals surface area contributed by atoms with Crippen LogP contribution in [0.1, 0.15) is 51.5 Å². The topological polar surface area (TPSA) is 79.7 Å². The zero-order valence-electron chi connectivity index (χ0n) is 20.8. The Balaban J connectivity index is 1.62. The van der Waals surface area contributed by atoms with Crippen molar-refractivity contribution >= 4 is 23.2 Å². The molecular formula is C26H22F6N2O4S. The van der Waals surface area contributed by atoms with E-state index in [1.54, 1.807) is 18.2 Å². The van der Waals surface area contributed by atoms with Gasteiger partial charge in [0.15, 0.2) is 5.60 Å². The van der Waals surface area contributed by atoms with Crippen LogP contribution in [0.5, 0.6) is 5.75 Å². The number of carboxylic acids is 1. The quantitative estimate of drug-likeness (QED) is 0.349. The van der Waals surface area contributed by atoms with Crippen molar-refractivity contribution < 1.29 is 45.8 Å². The van der Waals surface area contributed by atoms with Gasteiger partial charge in [-0.15, -0.1) is 11.3 Å². The lowest BCUT2D eigenvalue weighted by Crippen LogP contribution is -2.38. The van der Waals surface area contributed by atoms with E-state index in [-0.39, 0.29) is 28.2 Å². The minimum Gasteiger partial charge on any atom is -0.478 e. The van der Waals surface area contributed by atoms with Crippen LogP contribution in [0.15, 0.2) is 36.4 Å². The average Bonchev–Trinajstić information content (AvgIpc) is 3.23. The fourth-order valence-electron chi connectivity index (χ4n) is 4.05. The molecule has 1 N–H and O–H groups in total. The predicted molar refractivity (Wildman–Crippen MR) is 130 cm³/mol. The van der Waals surface area contributed by atoms with Crippen molar-refractivity contribution in [1.82, 2.24) is 9.88 Å². The molecule has 2 aromatic carbocycles. The van der Waals surface area contributed by atoms with Crippen LogP contribution in [0.3, 0.4) is 0 Å². The molecule has 4 rings (SSSR count). The lowest BCUT2D eigenvalue weighted by atomic mass is 9.99. The summed E-state index contributed by atoms with van der Waals surface area (Å²) in [5.74, 6) is -1.32. The van der Waals surface area contributed by atoms with Crippen molar-refractivity contribution in [3.8, 4) is 16.3 Å². The molecule has 2 heterocycles. The number of nitrogens with zero attached hydrogens (tertiary/aromatic N) is 2. The number of benzene rings is 2. The first-order valence-corrected chi connectivity index (χ1v) is 12.4. The highest BCUT2D eigenvalue weighted by Crippen LogP contribution is 2.40. The first kappa shape index (κ1) is 28.4. The number of aromatic nitrogens is 1. The smallest absolute Gasteiger partial charge is 0.416 e. The summed E-state index contributed by atoms with van der Waals surface area (Å²) >= 11 is 0.722. The monoisotopic (exact) mass is 572 g/mol. The van der Waals surface area contributed by atoms with E-state index < -0.39 is 46.5 Å². The molecule has 0 unspecified atom stereocenters. The molecule has 0 saturated heterocycles. The summed E-state index contributed by atoms with van der Waals surface area (Å²) in [5, 5.41) is 9.17. The third kappa shape index (κ3) is 6.02. The Morgan fingerprint density at radius 2 is 1.59 bits per heavy atom. The molecule has 1 aliphatic rings. The molecule has 0 saturated carbocycles. The van der Waals surface area contributed by atoms with Crippen molar-refractivity contribution in [1.29, 1.82) is 0 Å². The van der Waals surface area contributed by atoms with Gasteiger partial charge in [0.25, 0.3) is 5.91 Å². The van der Waals surface area contributed by atoms with E-state index in [4.69, 9.17) is 4.74 Å². The highest BCUT2D eigenvalue weighted by molar-refractivity contribution is 7.17. The molecule has 39 heavy (non-hydrogen) atoms. The molecule has 0 spiro atoms. The molecule has 1 aromatic heterocycles. The van der Waals surface area contributed by atoms with Crippen LogP contribution >= 0.6 is 11.3 Å². The highest BCUT2D eigenvalue weighted by Gasteiger charge is 2.37. The van der Waals surface area contributed by atoms with Gasteiger partial charge in [0.05, 0.1) is 16.8 Å². The Kier molecular flexibility index (Phi) is 7.17. The van der Waals surface area contributed by atoms with Gasteiger partial charge in [-0.1, -0.05) is 6.07 Å². The summed E-state index contributed by atoms with van der Waals surface area (Å²) in [6.07, 6.45) is -9.54. The molecule has 1 amide bonds. The minimum atomic E-state index is -5.01. The number of halogens is 6. The van der Waals surface area contributed by atoms with Crippen LogP contribution < -0.4 is 4.74 Å². The molecule has 1 aliphatic heterocycles. The van der Waals surface area contributed by atoms with Gasteiger partial charge in [-0.3, -0.25) is 4.79 Å². The van der Waals surface area contributed by atoms with E-state index in [1.807, 2.05) is 0 Å². The van der Waals surface area contributed by atoms with Gasteiger partial charge in [0.1, 0.15) is 15.6 Å². The molecule has 208 valence electrons. The lowest BCUT2D eigenvalue weighted by Gasteiger charge is -2.29. The van der Waals surface area contributed by atoms with Crippen LogP contribution in [0.25, 0.3) is 10.6 Å². The maximum Gasteiger partial charge on any atom is 0.416 e. The Morgan fingerprint density at radius 3 is 2.15 bits per heavy atom. The van der Waals surface area contributed by atoms with Crippen LogP contribution in [-0.4, -0.2) is 39.0 Å². The molecule has 0 atom stereocenters. The number of amides is 1. The van der Waals surface area contributed by atoms with Crippen molar-refractivity contribution in [3.63, 3.8) is 0 Å². The van der Waals surface area contributed by atoms with Crippen molar-refractivity contribution in [2.45, 2.75) is 51.7 Å². The number of carbonyl (C=O) groups is 2. The number of fused-ring (bicyclic) bond motifs is 1. The van der Waals surface area contributed by atoms with Gasteiger partial charge < -0.3 is 14.7 Å². The Bertz CT molecular complexity index is 1410. The maximum absolute atomic E-state index is 13.4. The molecule has 0 aliphatic carbocycles. The van der Waals surface area contributed by atoms with Crippen molar-refractivity contribution in [2.75, 3.05) is 6.54 Å². The number of carboxylic acid groups (broad SMARTS) is 1. The fourth-order valence-corrected chi connectivity index (χ4v) is 5.07. The Hall–Kier alpha value is -3.61. The first-order valence-electron chi connectivity index (χ1n) is 11.6. The second-order valence-electron chi connectivity index (χ2n) is 9.55. The van der Waals surface area contributed by atoms with Crippen molar-refractivity contribution in [2.24, 2.45) is 0 Å². The second-order valence-corrected chi connectivity index (χ2v) is 10.6. The van der Waals surface area contributed by atoms with E-state index in [1.165, 1.54) is 25.7 Å². The number of hydrogen-bond acceptors (Lipinski definition) is 5. The van der Waals surface area contributed by atoms with E-state index in [9.17, 15) is 41.0 Å².